The molecule has 0 unspecified atom stereocenters. The maximum absolute atomic E-state index is 12.1. The maximum atomic E-state index is 12.1. The quantitative estimate of drug-likeness (QED) is 0.915. The Balaban J connectivity index is 2.15. The first-order valence-electron chi connectivity index (χ1n) is 5.93. The molecule has 0 saturated carbocycles. The van der Waals surface area contributed by atoms with E-state index in [4.69, 9.17) is 9.52 Å². The van der Waals surface area contributed by atoms with Crippen LogP contribution in [0.4, 0.5) is 0 Å². The molecule has 2 aromatic rings. The molecular weight excluding hydrogens is 280 g/mol. The maximum Gasteiger partial charge on any atom is 0.338 e. The largest absolute Gasteiger partial charge is 0.478 e. The summed E-state index contributed by atoms with van der Waals surface area (Å²) >= 11 is 0. The molecule has 0 saturated heterocycles. The predicted molar refractivity (Wildman–Crippen MR) is 73.2 cm³/mol. The molecule has 0 radical (unpaired) electrons. The second-order valence-electron chi connectivity index (χ2n) is 4.57. The van der Waals surface area contributed by atoms with Crippen LogP contribution in [0.2, 0.25) is 0 Å². The molecule has 0 aliphatic rings. The molecule has 1 N–H and O–H groups in total. The summed E-state index contributed by atoms with van der Waals surface area (Å²) in [5, 5.41) is 8.76. The van der Waals surface area contributed by atoms with Crippen LogP contribution >= 0.6 is 0 Å². The average molecular weight is 294 g/mol. The van der Waals surface area contributed by atoms with Gasteiger partial charge in [0.15, 0.2) is 9.84 Å². The second-order valence-corrected chi connectivity index (χ2v) is 6.63. The molecule has 1 heterocycles. The van der Waals surface area contributed by atoms with Crippen molar-refractivity contribution >= 4 is 15.8 Å². The van der Waals surface area contributed by atoms with Gasteiger partial charge in [-0.3, -0.25) is 0 Å². The van der Waals surface area contributed by atoms with E-state index in [9.17, 15) is 13.2 Å². The van der Waals surface area contributed by atoms with Crippen molar-refractivity contribution in [3.63, 3.8) is 0 Å². The van der Waals surface area contributed by atoms with Gasteiger partial charge >= 0.3 is 5.97 Å². The Labute approximate surface area is 116 Å². The summed E-state index contributed by atoms with van der Waals surface area (Å²) < 4.78 is 29.2. The minimum absolute atomic E-state index is 0.0499. The fourth-order valence-corrected chi connectivity index (χ4v) is 3.33. The zero-order valence-electron chi connectivity index (χ0n) is 10.9. The van der Waals surface area contributed by atoms with E-state index in [0.29, 0.717) is 0 Å². The van der Waals surface area contributed by atoms with Crippen LogP contribution in [0, 0.1) is 6.92 Å². The topological polar surface area (TPSA) is 84.6 Å². The van der Waals surface area contributed by atoms with E-state index in [1.807, 2.05) is 19.1 Å². The van der Waals surface area contributed by atoms with Gasteiger partial charge in [-0.1, -0.05) is 24.3 Å². The number of aromatic carboxylic acids is 1. The molecule has 0 aliphatic carbocycles. The lowest BCUT2D eigenvalue weighted by molar-refractivity contribution is 0.0696. The molecule has 0 aliphatic heterocycles. The first-order valence-corrected chi connectivity index (χ1v) is 7.75. The minimum Gasteiger partial charge on any atom is -0.478 e. The Kier molecular flexibility index (Phi) is 3.94. The number of aryl methyl sites for hydroxylation is 1. The Morgan fingerprint density at radius 1 is 1.25 bits per heavy atom. The standard InChI is InChI=1S/C14H14O5S/c1-10-4-2-3-5-11(10)8-20(17,18)9-13-6-12(7-19-13)14(15)16/h2-7H,8-9H2,1H3,(H,15,16). The van der Waals surface area contributed by atoms with Crippen molar-refractivity contribution in [1.82, 2.24) is 0 Å². The van der Waals surface area contributed by atoms with Gasteiger partial charge in [-0.2, -0.15) is 0 Å². The van der Waals surface area contributed by atoms with E-state index < -0.39 is 15.8 Å². The molecule has 6 heteroatoms. The van der Waals surface area contributed by atoms with E-state index in [1.165, 1.54) is 6.07 Å². The van der Waals surface area contributed by atoms with E-state index in [1.54, 1.807) is 12.1 Å². The van der Waals surface area contributed by atoms with Gasteiger partial charge in [-0.25, -0.2) is 13.2 Å². The van der Waals surface area contributed by atoms with E-state index in [2.05, 4.69) is 0 Å². The zero-order chi connectivity index (χ0) is 14.8. The van der Waals surface area contributed by atoms with Crippen LogP contribution in [0.1, 0.15) is 27.2 Å². The van der Waals surface area contributed by atoms with Gasteiger partial charge in [-0.15, -0.1) is 0 Å². The molecular formula is C14H14O5S. The third-order valence-electron chi connectivity index (χ3n) is 2.90. The Morgan fingerprint density at radius 3 is 2.55 bits per heavy atom. The third kappa shape index (κ3) is 3.48. The van der Waals surface area contributed by atoms with Gasteiger partial charge in [0.05, 0.1) is 11.3 Å². The SMILES string of the molecule is Cc1ccccc1CS(=O)(=O)Cc1cc(C(=O)O)co1. The highest BCUT2D eigenvalue weighted by molar-refractivity contribution is 7.89. The highest BCUT2D eigenvalue weighted by Crippen LogP contribution is 2.17. The summed E-state index contributed by atoms with van der Waals surface area (Å²) in [7, 11) is -3.41. The summed E-state index contributed by atoms with van der Waals surface area (Å²) in [5.41, 5.74) is 1.59. The van der Waals surface area contributed by atoms with Crippen LogP contribution < -0.4 is 0 Å². The lowest BCUT2D eigenvalue weighted by Crippen LogP contribution is -2.08. The molecule has 1 aromatic carbocycles. The van der Waals surface area contributed by atoms with E-state index in [-0.39, 0.29) is 22.8 Å². The summed E-state index contributed by atoms with van der Waals surface area (Å²) in [5.74, 6) is -1.41. The molecule has 5 nitrogen and oxygen atoms in total. The van der Waals surface area contributed by atoms with Crippen molar-refractivity contribution in [2.24, 2.45) is 0 Å². The Morgan fingerprint density at radius 2 is 1.95 bits per heavy atom. The van der Waals surface area contributed by atoms with E-state index >= 15 is 0 Å². The number of furan rings is 1. The number of hydrogen-bond donors (Lipinski definition) is 1. The normalized spacial score (nSPS) is 11.4. The number of hydrogen-bond acceptors (Lipinski definition) is 4. The molecule has 0 atom stereocenters. The van der Waals surface area contributed by atoms with Crippen molar-refractivity contribution in [3.05, 3.63) is 59.0 Å². The van der Waals surface area contributed by atoms with Crippen molar-refractivity contribution in [3.8, 4) is 0 Å². The first kappa shape index (κ1) is 14.3. The van der Waals surface area contributed by atoms with Crippen LogP contribution in [0.5, 0.6) is 0 Å². The van der Waals surface area contributed by atoms with Crippen LogP contribution in [0.15, 0.2) is 41.0 Å². The summed E-state index contributed by atoms with van der Waals surface area (Å²) in [6.07, 6.45) is 1.04. The van der Waals surface area contributed by atoms with Gasteiger partial charge in [0.2, 0.25) is 0 Å². The predicted octanol–water partition coefficient (Wildman–Crippen LogP) is 2.40. The number of carboxylic acid groups (broad SMARTS) is 1. The van der Waals surface area contributed by atoms with Crippen LogP contribution in [-0.4, -0.2) is 19.5 Å². The van der Waals surface area contributed by atoms with Crippen molar-refractivity contribution in [2.45, 2.75) is 18.4 Å². The highest BCUT2D eigenvalue weighted by atomic mass is 32.2. The smallest absolute Gasteiger partial charge is 0.338 e. The van der Waals surface area contributed by atoms with Crippen molar-refractivity contribution in [1.29, 1.82) is 0 Å². The average Bonchev–Trinajstić information content (AvgIpc) is 2.79. The molecule has 0 bridgehead atoms. The van der Waals surface area contributed by atoms with Gasteiger partial charge in [-0.05, 0) is 24.1 Å². The van der Waals surface area contributed by atoms with Gasteiger partial charge < -0.3 is 9.52 Å². The molecule has 20 heavy (non-hydrogen) atoms. The summed E-state index contributed by atoms with van der Waals surface area (Å²) in [6, 6.07) is 8.47. The van der Waals surface area contributed by atoms with Gasteiger partial charge in [0.25, 0.3) is 0 Å². The van der Waals surface area contributed by atoms with E-state index in [0.717, 1.165) is 17.4 Å². The Bertz CT molecular complexity index is 728. The fourth-order valence-electron chi connectivity index (χ4n) is 1.85. The lowest BCUT2D eigenvalue weighted by atomic mass is 10.1. The first-order chi connectivity index (χ1) is 9.37. The molecule has 1 aromatic heterocycles. The minimum atomic E-state index is -3.41. The fraction of sp³-hybridized carbons (Fsp3) is 0.214. The molecule has 0 amide bonds. The number of carboxylic acids is 1. The summed E-state index contributed by atoms with van der Waals surface area (Å²) in [4.78, 5) is 10.7. The number of benzene rings is 1. The number of rotatable bonds is 5. The van der Waals surface area contributed by atoms with Crippen molar-refractivity contribution < 1.29 is 22.7 Å². The highest BCUT2D eigenvalue weighted by Gasteiger charge is 2.18. The third-order valence-corrected chi connectivity index (χ3v) is 4.37. The Hall–Kier alpha value is -2.08. The molecule has 2 rings (SSSR count). The van der Waals surface area contributed by atoms with Gasteiger partial charge in [0.1, 0.15) is 17.8 Å². The van der Waals surface area contributed by atoms with Crippen LogP contribution in [-0.2, 0) is 21.3 Å². The second kappa shape index (κ2) is 5.50. The number of carbonyl (C=O) groups is 1. The molecule has 0 fully saturated rings. The zero-order valence-corrected chi connectivity index (χ0v) is 11.7. The van der Waals surface area contributed by atoms with Gasteiger partial charge in [0, 0.05) is 0 Å². The molecule has 0 spiro atoms. The number of sulfone groups is 1. The lowest BCUT2D eigenvalue weighted by Gasteiger charge is -2.05. The van der Waals surface area contributed by atoms with Crippen LogP contribution in [0.25, 0.3) is 0 Å². The monoisotopic (exact) mass is 294 g/mol. The van der Waals surface area contributed by atoms with Crippen molar-refractivity contribution in [2.75, 3.05) is 0 Å². The molecule has 106 valence electrons. The summed E-state index contributed by atoms with van der Waals surface area (Å²) in [6.45, 7) is 1.85. The van der Waals surface area contributed by atoms with Crippen LogP contribution in [0.3, 0.4) is 0 Å².